The Morgan fingerprint density at radius 3 is 2.17 bits per heavy atom. The van der Waals surface area contributed by atoms with Crippen LogP contribution < -0.4 is 0 Å². The average molecular weight is 388 g/mol. The molecule has 0 aliphatic heterocycles. The summed E-state index contributed by atoms with van der Waals surface area (Å²) in [6.45, 7) is 1.85. The van der Waals surface area contributed by atoms with E-state index in [4.69, 9.17) is 4.74 Å². The van der Waals surface area contributed by atoms with E-state index in [1.54, 1.807) is 31.2 Å². The maximum atomic E-state index is 13.6. The number of Topliss-reactive ketones (excluding diaryl/α,β-unsaturated/α-hetero) is 3. The molecule has 5 heteroatoms. The Bertz CT molecular complexity index is 1010. The van der Waals surface area contributed by atoms with Crippen LogP contribution in [0.5, 0.6) is 0 Å². The molecule has 5 nitrogen and oxygen atoms in total. The Kier molecular flexibility index (Phi) is 4.74. The van der Waals surface area contributed by atoms with Crippen molar-refractivity contribution in [2.45, 2.75) is 25.7 Å². The molecule has 0 radical (unpaired) electrons. The van der Waals surface area contributed by atoms with Gasteiger partial charge in [-0.3, -0.25) is 14.4 Å². The van der Waals surface area contributed by atoms with E-state index >= 15 is 0 Å². The summed E-state index contributed by atoms with van der Waals surface area (Å²) in [7, 11) is 0. The molecular weight excluding hydrogens is 368 g/mol. The maximum absolute atomic E-state index is 13.6. The number of carbonyl (C=O) groups excluding carboxylic acids is 4. The molecule has 1 spiro atoms. The third-order valence-corrected chi connectivity index (χ3v) is 5.82. The number of ketones is 3. The summed E-state index contributed by atoms with van der Waals surface area (Å²) in [5.41, 5.74) is 0.277. The van der Waals surface area contributed by atoms with Crippen molar-refractivity contribution in [1.29, 1.82) is 0 Å². The highest BCUT2D eigenvalue weighted by Gasteiger charge is 2.60. The summed E-state index contributed by atoms with van der Waals surface area (Å²) < 4.78 is 4.93. The highest BCUT2D eigenvalue weighted by atomic mass is 16.5. The Labute approximate surface area is 168 Å². The minimum atomic E-state index is -1.42. The minimum absolute atomic E-state index is 0.0132. The molecule has 2 aliphatic carbocycles. The van der Waals surface area contributed by atoms with E-state index in [-0.39, 0.29) is 42.4 Å². The van der Waals surface area contributed by atoms with Crippen LogP contribution in [0, 0.1) is 5.41 Å². The Balaban J connectivity index is 1.87. The molecule has 1 fully saturated rings. The highest BCUT2D eigenvalue weighted by molar-refractivity contribution is 6.31. The summed E-state index contributed by atoms with van der Waals surface area (Å²) >= 11 is 0. The van der Waals surface area contributed by atoms with Crippen LogP contribution >= 0.6 is 0 Å². The first kappa shape index (κ1) is 19.0. The second-order valence-electron chi connectivity index (χ2n) is 7.36. The van der Waals surface area contributed by atoms with Gasteiger partial charge in [0.25, 0.3) is 0 Å². The Morgan fingerprint density at radius 1 is 1.00 bits per heavy atom. The summed E-state index contributed by atoms with van der Waals surface area (Å²) in [6, 6.07) is 15.9. The van der Waals surface area contributed by atoms with Gasteiger partial charge in [0.1, 0.15) is 5.41 Å². The van der Waals surface area contributed by atoms with Crippen LogP contribution in [0.25, 0.3) is 0 Å². The number of fused-ring (bicyclic) bond motifs is 1. The van der Waals surface area contributed by atoms with Crippen LogP contribution in [-0.4, -0.2) is 29.9 Å². The van der Waals surface area contributed by atoms with Gasteiger partial charge in [0, 0.05) is 35.1 Å². The van der Waals surface area contributed by atoms with Crippen LogP contribution in [0.1, 0.15) is 52.0 Å². The fraction of sp³-hybridized carbons (Fsp3) is 0.250. The summed E-state index contributed by atoms with van der Waals surface area (Å²) in [4.78, 5) is 51.9. The normalized spacial score (nSPS) is 21.5. The third-order valence-electron chi connectivity index (χ3n) is 5.82. The molecule has 146 valence electrons. The van der Waals surface area contributed by atoms with Gasteiger partial charge >= 0.3 is 5.97 Å². The Hall–Kier alpha value is -3.34. The number of allylic oxidation sites excluding steroid dienone is 1. The van der Waals surface area contributed by atoms with Crippen molar-refractivity contribution < 1.29 is 23.9 Å². The third kappa shape index (κ3) is 2.94. The fourth-order valence-electron chi connectivity index (χ4n) is 4.50. The molecule has 2 aromatic carbocycles. The lowest BCUT2D eigenvalue weighted by molar-refractivity contribution is -0.137. The fourth-order valence-corrected chi connectivity index (χ4v) is 4.50. The van der Waals surface area contributed by atoms with E-state index in [1.807, 2.05) is 30.3 Å². The molecule has 2 aromatic rings. The van der Waals surface area contributed by atoms with Gasteiger partial charge in [0.2, 0.25) is 0 Å². The molecule has 0 heterocycles. The molecular formula is C24H20O5. The van der Waals surface area contributed by atoms with Gasteiger partial charge in [-0.1, -0.05) is 54.6 Å². The van der Waals surface area contributed by atoms with Crippen molar-refractivity contribution in [1.82, 2.24) is 0 Å². The zero-order valence-corrected chi connectivity index (χ0v) is 16.0. The van der Waals surface area contributed by atoms with Crippen LogP contribution in [0.3, 0.4) is 0 Å². The van der Waals surface area contributed by atoms with E-state index < -0.39 is 17.3 Å². The number of esters is 1. The summed E-state index contributed by atoms with van der Waals surface area (Å²) in [6.07, 6.45) is 1.02. The number of benzene rings is 2. The number of rotatable bonds is 3. The molecule has 0 bridgehead atoms. The van der Waals surface area contributed by atoms with Gasteiger partial charge in [0.05, 0.1) is 6.61 Å². The van der Waals surface area contributed by atoms with Crippen molar-refractivity contribution in [3.05, 3.63) is 82.9 Å². The number of hydrogen-bond donors (Lipinski definition) is 0. The second-order valence-corrected chi connectivity index (χ2v) is 7.36. The van der Waals surface area contributed by atoms with E-state index in [1.165, 1.54) is 0 Å². The molecule has 0 saturated heterocycles. The number of carbonyl (C=O) groups is 4. The molecule has 1 saturated carbocycles. The predicted molar refractivity (Wildman–Crippen MR) is 106 cm³/mol. The summed E-state index contributed by atoms with van der Waals surface area (Å²) in [5, 5.41) is 0. The average Bonchev–Trinajstić information content (AvgIpc) is 2.94. The number of hydrogen-bond acceptors (Lipinski definition) is 5. The van der Waals surface area contributed by atoms with Crippen LogP contribution in [0.15, 0.2) is 66.2 Å². The lowest BCUT2D eigenvalue weighted by Crippen LogP contribution is -2.45. The molecule has 2 aliphatic rings. The maximum Gasteiger partial charge on any atom is 0.331 e. The van der Waals surface area contributed by atoms with Gasteiger partial charge < -0.3 is 4.74 Å². The molecule has 1 atom stereocenters. The molecule has 4 rings (SSSR count). The first-order valence-electron chi connectivity index (χ1n) is 9.63. The topological polar surface area (TPSA) is 77.5 Å². The first-order valence-corrected chi connectivity index (χ1v) is 9.63. The van der Waals surface area contributed by atoms with Crippen molar-refractivity contribution >= 4 is 23.3 Å². The lowest BCUT2D eigenvalue weighted by atomic mass is 9.59. The van der Waals surface area contributed by atoms with Gasteiger partial charge in [-0.2, -0.15) is 0 Å². The van der Waals surface area contributed by atoms with E-state index in [0.29, 0.717) is 11.1 Å². The molecule has 29 heavy (non-hydrogen) atoms. The summed E-state index contributed by atoms with van der Waals surface area (Å²) in [5.74, 6) is -2.03. The van der Waals surface area contributed by atoms with Crippen LogP contribution in [-0.2, 0) is 14.3 Å². The van der Waals surface area contributed by atoms with E-state index in [9.17, 15) is 19.2 Å². The first-order chi connectivity index (χ1) is 14.0. The van der Waals surface area contributed by atoms with Crippen molar-refractivity contribution in [2.75, 3.05) is 6.61 Å². The van der Waals surface area contributed by atoms with Gasteiger partial charge in [-0.15, -0.1) is 0 Å². The SMILES string of the molecule is CCOC(=O)/C=C1\CC2(C(=O)c3ccccc3C2=O)[C@H](c2ccccc2)CC1=O. The molecule has 0 N–H and O–H groups in total. The van der Waals surface area contributed by atoms with E-state index in [0.717, 1.165) is 11.6 Å². The van der Waals surface area contributed by atoms with Crippen molar-refractivity contribution in [3.63, 3.8) is 0 Å². The van der Waals surface area contributed by atoms with Crippen molar-refractivity contribution in [3.8, 4) is 0 Å². The van der Waals surface area contributed by atoms with Crippen LogP contribution in [0.4, 0.5) is 0 Å². The largest absolute Gasteiger partial charge is 0.463 e. The highest BCUT2D eigenvalue weighted by Crippen LogP contribution is 2.55. The zero-order chi connectivity index (χ0) is 20.6. The molecule has 0 amide bonds. The van der Waals surface area contributed by atoms with E-state index in [2.05, 4.69) is 0 Å². The molecule has 0 aromatic heterocycles. The van der Waals surface area contributed by atoms with Gasteiger partial charge in [0.15, 0.2) is 17.3 Å². The standard InChI is InChI=1S/C24H20O5/c1-2-29-21(26)12-16-14-24(19(13-20(16)25)15-8-4-3-5-9-15)22(27)17-10-6-7-11-18(17)23(24)28/h3-12,19H,2,13-14H2,1H3/b16-12+/t19-/m0/s1. The number of ether oxygens (including phenoxy) is 1. The van der Waals surface area contributed by atoms with Gasteiger partial charge in [-0.25, -0.2) is 4.79 Å². The second kappa shape index (κ2) is 7.24. The van der Waals surface area contributed by atoms with Crippen LogP contribution in [0.2, 0.25) is 0 Å². The van der Waals surface area contributed by atoms with Gasteiger partial charge in [-0.05, 0) is 18.9 Å². The zero-order valence-electron chi connectivity index (χ0n) is 16.0. The lowest BCUT2D eigenvalue weighted by Gasteiger charge is -2.39. The van der Waals surface area contributed by atoms with Crippen molar-refractivity contribution in [2.24, 2.45) is 5.41 Å². The minimum Gasteiger partial charge on any atom is -0.463 e. The molecule has 0 unspecified atom stereocenters. The monoisotopic (exact) mass is 388 g/mol. The predicted octanol–water partition coefficient (Wildman–Crippen LogP) is 3.69. The smallest absolute Gasteiger partial charge is 0.331 e. The quantitative estimate of drug-likeness (QED) is 0.455. The Morgan fingerprint density at radius 2 is 1.59 bits per heavy atom.